The van der Waals surface area contributed by atoms with E-state index in [0.29, 0.717) is 11.4 Å². The fourth-order valence-corrected chi connectivity index (χ4v) is 2.60. The van der Waals surface area contributed by atoms with Crippen LogP contribution in [0.4, 0.5) is 0 Å². The van der Waals surface area contributed by atoms with Crippen molar-refractivity contribution in [2.75, 3.05) is 18.9 Å². The highest BCUT2D eigenvalue weighted by molar-refractivity contribution is 8.00. The summed E-state index contributed by atoms with van der Waals surface area (Å²) in [5.41, 5.74) is -0.0187. The summed E-state index contributed by atoms with van der Waals surface area (Å²) < 4.78 is 5.41. The number of pyridine rings is 1. The van der Waals surface area contributed by atoms with Gasteiger partial charge < -0.3 is 15.2 Å². The second kappa shape index (κ2) is 7.25. The zero-order valence-electron chi connectivity index (χ0n) is 10.9. The summed E-state index contributed by atoms with van der Waals surface area (Å²) in [5.74, 6) is -0.912. The molecular weight excluding hydrogens is 280 g/mol. The van der Waals surface area contributed by atoms with E-state index >= 15 is 0 Å². The fraction of sp³-hybridized carbons (Fsp3) is 0.462. The number of nitrogens with zero attached hydrogens (tertiary/aromatic N) is 1. The SMILES string of the molecule is O=C(CSc1ccnc(C(=O)O)c1)NCC1CCCO1. The Morgan fingerprint density at radius 1 is 1.55 bits per heavy atom. The van der Waals surface area contributed by atoms with Crippen LogP contribution in [0.25, 0.3) is 0 Å². The van der Waals surface area contributed by atoms with Crippen LogP contribution in [0, 0.1) is 0 Å². The second-order valence-corrected chi connectivity index (χ2v) is 5.46. The van der Waals surface area contributed by atoms with Gasteiger partial charge >= 0.3 is 5.97 Å². The lowest BCUT2D eigenvalue weighted by molar-refractivity contribution is -0.119. The summed E-state index contributed by atoms with van der Waals surface area (Å²) in [7, 11) is 0. The van der Waals surface area contributed by atoms with Crippen molar-refractivity contribution in [1.82, 2.24) is 10.3 Å². The maximum atomic E-state index is 11.7. The van der Waals surface area contributed by atoms with Crippen LogP contribution in [0.15, 0.2) is 23.2 Å². The van der Waals surface area contributed by atoms with E-state index in [-0.39, 0.29) is 23.5 Å². The highest BCUT2D eigenvalue weighted by Crippen LogP contribution is 2.18. The van der Waals surface area contributed by atoms with E-state index in [0.717, 1.165) is 19.4 Å². The molecule has 1 amide bonds. The molecule has 0 spiro atoms. The number of ether oxygens (including phenoxy) is 1. The number of carbonyl (C=O) groups is 2. The van der Waals surface area contributed by atoms with E-state index in [9.17, 15) is 9.59 Å². The van der Waals surface area contributed by atoms with Crippen LogP contribution in [-0.4, -0.2) is 47.0 Å². The molecule has 108 valence electrons. The minimum absolute atomic E-state index is 0.0187. The zero-order chi connectivity index (χ0) is 14.4. The van der Waals surface area contributed by atoms with Gasteiger partial charge in [0.25, 0.3) is 0 Å². The highest BCUT2D eigenvalue weighted by atomic mass is 32.2. The van der Waals surface area contributed by atoms with Crippen molar-refractivity contribution in [3.05, 3.63) is 24.0 Å². The normalized spacial score (nSPS) is 17.9. The first kappa shape index (κ1) is 14.8. The van der Waals surface area contributed by atoms with Gasteiger partial charge in [-0.15, -0.1) is 11.8 Å². The number of carboxylic acids is 1. The number of hydrogen-bond acceptors (Lipinski definition) is 5. The molecule has 1 aliphatic rings. The number of aromatic nitrogens is 1. The number of carbonyl (C=O) groups excluding carboxylic acids is 1. The van der Waals surface area contributed by atoms with Gasteiger partial charge in [-0.05, 0) is 25.0 Å². The summed E-state index contributed by atoms with van der Waals surface area (Å²) in [6.07, 6.45) is 3.59. The molecule has 2 heterocycles. The third kappa shape index (κ3) is 4.50. The fourth-order valence-electron chi connectivity index (χ4n) is 1.85. The van der Waals surface area contributed by atoms with E-state index in [4.69, 9.17) is 9.84 Å². The Kier molecular flexibility index (Phi) is 5.37. The van der Waals surface area contributed by atoms with Gasteiger partial charge in [0, 0.05) is 24.2 Å². The first-order valence-corrected chi connectivity index (χ1v) is 7.34. The average molecular weight is 296 g/mol. The van der Waals surface area contributed by atoms with Crippen LogP contribution >= 0.6 is 11.8 Å². The van der Waals surface area contributed by atoms with Crippen molar-refractivity contribution in [1.29, 1.82) is 0 Å². The molecule has 1 unspecified atom stereocenters. The standard InChI is InChI=1S/C13H16N2O4S/c16-12(15-7-9-2-1-5-19-9)8-20-10-3-4-14-11(6-10)13(17)18/h3-4,6,9H,1-2,5,7-8H2,(H,15,16)(H,17,18). The van der Waals surface area contributed by atoms with Gasteiger partial charge in [0.2, 0.25) is 5.91 Å². The largest absolute Gasteiger partial charge is 0.477 e. The quantitative estimate of drug-likeness (QED) is 0.766. The minimum atomic E-state index is -1.07. The lowest BCUT2D eigenvalue weighted by Crippen LogP contribution is -2.32. The highest BCUT2D eigenvalue weighted by Gasteiger charge is 2.16. The molecule has 1 atom stereocenters. The van der Waals surface area contributed by atoms with Crippen LogP contribution in [0.2, 0.25) is 0 Å². The van der Waals surface area contributed by atoms with Gasteiger partial charge in [0.15, 0.2) is 0 Å². The maximum absolute atomic E-state index is 11.7. The molecule has 1 aromatic rings. The Morgan fingerprint density at radius 3 is 3.10 bits per heavy atom. The molecule has 2 N–H and O–H groups in total. The molecule has 1 saturated heterocycles. The lowest BCUT2D eigenvalue weighted by Gasteiger charge is -2.10. The zero-order valence-corrected chi connectivity index (χ0v) is 11.7. The van der Waals surface area contributed by atoms with Gasteiger partial charge in [-0.3, -0.25) is 4.79 Å². The molecule has 20 heavy (non-hydrogen) atoms. The average Bonchev–Trinajstić information content (AvgIpc) is 2.96. The van der Waals surface area contributed by atoms with E-state index in [2.05, 4.69) is 10.3 Å². The molecule has 0 aliphatic carbocycles. The Bertz CT molecular complexity index is 489. The summed E-state index contributed by atoms with van der Waals surface area (Å²) in [6.45, 7) is 1.31. The molecule has 0 bridgehead atoms. The molecule has 7 heteroatoms. The van der Waals surface area contributed by atoms with Crippen molar-refractivity contribution < 1.29 is 19.4 Å². The Balaban J connectivity index is 1.75. The number of aromatic carboxylic acids is 1. The number of amides is 1. The summed E-state index contributed by atoms with van der Waals surface area (Å²) in [4.78, 5) is 26.9. The minimum Gasteiger partial charge on any atom is -0.477 e. The van der Waals surface area contributed by atoms with Crippen molar-refractivity contribution >= 4 is 23.6 Å². The summed E-state index contributed by atoms with van der Waals surface area (Å²) in [6, 6.07) is 3.14. The van der Waals surface area contributed by atoms with Crippen molar-refractivity contribution in [3.63, 3.8) is 0 Å². The van der Waals surface area contributed by atoms with E-state index in [1.54, 1.807) is 6.07 Å². The smallest absolute Gasteiger partial charge is 0.354 e. The third-order valence-corrected chi connectivity index (χ3v) is 3.87. The van der Waals surface area contributed by atoms with Crippen molar-refractivity contribution in [2.24, 2.45) is 0 Å². The predicted octanol–water partition coefficient (Wildman–Crippen LogP) is 1.17. The molecule has 1 aromatic heterocycles. The first-order chi connectivity index (χ1) is 9.65. The molecule has 1 fully saturated rings. The van der Waals surface area contributed by atoms with Gasteiger partial charge in [-0.25, -0.2) is 9.78 Å². The third-order valence-electron chi connectivity index (χ3n) is 2.87. The van der Waals surface area contributed by atoms with Gasteiger partial charge in [0.05, 0.1) is 11.9 Å². The molecular formula is C13H16N2O4S. The summed E-state index contributed by atoms with van der Waals surface area (Å²) in [5, 5.41) is 11.6. The first-order valence-electron chi connectivity index (χ1n) is 6.35. The molecule has 0 aromatic carbocycles. The summed E-state index contributed by atoms with van der Waals surface area (Å²) >= 11 is 1.29. The van der Waals surface area contributed by atoms with Crippen LogP contribution in [0.1, 0.15) is 23.3 Å². The van der Waals surface area contributed by atoms with Crippen LogP contribution in [0.3, 0.4) is 0 Å². The van der Waals surface area contributed by atoms with E-state index < -0.39 is 5.97 Å². The number of nitrogens with one attached hydrogen (secondary N) is 1. The molecule has 0 radical (unpaired) electrons. The monoisotopic (exact) mass is 296 g/mol. The molecule has 1 aliphatic heterocycles. The molecule has 6 nitrogen and oxygen atoms in total. The van der Waals surface area contributed by atoms with Gasteiger partial charge in [-0.2, -0.15) is 0 Å². The Labute approximate surface area is 120 Å². The number of rotatable bonds is 6. The van der Waals surface area contributed by atoms with E-state index in [1.807, 2.05) is 0 Å². The second-order valence-electron chi connectivity index (χ2n) is 4.41. The Morgan fingerprint density at radius 2 is 2.40 bits per heavy atom. The number of hydrogen-bond donors (Lipinski definition) is 2. The van der Waals surface area contributed by atoms with Crippen LogP contribution < -0.4 is 5.32 Å². The molecule has 2 rings (SSSR count). The predicted molar refractivity (Wildman–Crippen MR) is 73.9 cm³/mol. The van der Waals surface area contributed by atoms with Crippen molar-refractivity contribution in [3.8, 4) is 0 Å². The van der Waals surface area contributed by atoms with Gasteiger partial charge in [-0.1, -0.05) is 0 Å². The maximum Gasteiger partial charge on any atom is 0.354 e. The van der Waals surface area contributed by atoms with Crippen molar-refractivity contribution in [2.45, 2.75) is 23.8 Å². The number of carboxylic acid groups (broad SMARTS) is 1. The van der Waals surface area contributed by atoms with Crippen LogP contribution in [0.5, 0.6) is 0 Å². The topological polar surface area (TPSA) is 88.5 Å². The molecule has 0 saturated carbocycles. The Hall–Kier alpha value is -1.60. The number of thioether (sulfide) groups is 1. The van der Waals surface area contributed by atoms with Gasteiger partial charge in [0.1, 0.15) is 5.69 Å². The van der Waals surface area contributed by atoms with E-state index in [1.165, 1.54) is 24.0 Å². The lowest BCUT2D eigenvalue weighted by atomic mass is 10.2. The van der Waals surface area contributed by atoms with Crippen LogP contribution in [-0.2, 0) is 9.53 Å².